The maximum absolute atomic E-state index is 5.29. The van der Waals surface area contributed by atoms with E-state index in [0.717, 1.165) is 11.7 Å². The van der Waals surface area contributed by atoms with Crippen LogP contribution in [0.3, 0.4) is 0 Å². The summed E-state index contributed by atoms with van der Waals surface area (Å²) in [4.78, 5) is 0. The standard InChI is InChI=1S/C12H18N2S2/c1-9-7-16-8-10(9)6-13-12(15)14-11-4-2-3-5-11/h7-8,11H,2-6H2,1H3,(H2,13,14,15). The van der Waals surface area contributed by atoms with Crippen molar-refractivity contribution in [1.82, 2.24) is 10.6 Å². The van der Waals surface area contributed by atoms with E-state index in [4.69, 9.17) is 12.2 Å². The van der Waals surface area contributed by atoms with Crippen molar-refractivity contribution < 1.29 is 0 Å². The summed E-state index contributed by atoms with van der Waals surface area (Å²) in [6.45, 7) is 2.98. The Morgan fingerprint density at radius 2 is 2.19 bits per heavy atom. The normalized spacial score (nSPS) is 16.3. The predicted octanol–water partition coefficient (Wildman–Crippen LogP) is 2.96. The quantitative estimate of drug-likeness (QED) is 0.811. The second kappa shape index (κ2) is 5.64. The molecule has 0 spiro atoms. The van der Waals surface area contributed by atoms with Gasteiger partial charge in [0.1, 0.15) is 0 Å². The van der Waals surface area contributed by atoms with Gasteiger partial charge in [-0.1, -0.05) is 12.8 Å². The highest BCUT2D eigenvalue weighted by molar-refractivity contribution is 7.80. The molecule has 0 radical (unpaired) electrons. The van der Waals surface area contributed by atoms with Gasteiger partial charge in [-0.05, 0) is 53.9 Å². The number of hydrogen-bond donors (Lipinski definition) is 2. The third-order valence-electron chi connectivity index (χ3n) is 3.09. The SMILES string of the molecule is Cc1cscc1CNC(=S)NC1CCCC1. The summed E-state index contributed by atoms with van der Waals surface area (Å²) in [6, 6.07) is 0.601. The highest BCUT2D eigenvalue weighted by Crippen LogP contribution is 2.17. The highest BCUT2D eigenvalue weighted by Gasteiger charge is 2.15. The molecule has 0 aliphatic heterocycles. The fourth-order valence-electron chi connectivity index (χ4n) is 2.05. The average molecular weight is 254 g/mol. The van der Waals surface area contributed by atoms with Gasteiger partial charge in [0.15, 0.2) is 5.11 Å². The molecule has 0 aromatic carbocycles. The third-order valence-corrected chi connectivity index (χ3v) is 4.26. The molecule has 2 rings (SSSR count). The Bertz CT molecular complexity index is 354. The fraction of sp³-hybridized carbons (Fsp3) is 0.583. The highest BCUT2D eigenvalue weighted by atomic mass is 32.1. The van der Waals surface area contributed by atoms with Crippen molar-refractivity contribution in [2.45, 2.75) is 45.2 Å². The third kappa shape index (κ3) is 3.19. The van der Waals surface area contributed by atoms with Crippen LogP contribution in [0.25, 0.3) is 0 Å². The van der Waals surface area contributed by atoms with Crippen molar-refractivity contribution in [2.24, 2.45) is 0 Å². The van der Waals surface area contributed by atoms with Crippen molar-refractivity contribution in [3.05, 3.63) is 21.9 Å². The molecule has 0 unspecified atom stereocenters. The molecule has 2 N–H and O–H groups in total. The molecule has 1 aliphatic carbocycles. The van der Waals surface area contributed by atoms with E-state index in [1.54, 1.807) is 11.3 Å². The van der Waals surface area contributed by atoms with Crippen molar-refractivity contribution in [3.63, 3.8) is 0 Å². The lowest BCUT2D eigenvalue weighted by Crippen LogP contribution is -2.40. The Morgan fingerprint density at radius 3 is 2.81 bits per heavy atom. The predicted molar refractivity (Wildman–Crippen MR) is 73.9 cm³/mol. The van der Waals surface area contributed by atoms with Crippen LogP contribution in [0, 0.1) is 6.92 Å². The summed E-state index contributed by atoms with van der Waals surface area (Å²) >= 11 is 7.04. The first-order valence-corrected chi connectivity index (χ1v) is 7.17. The molecule has 88 valence electrons. The molecule has 4 heteroatoms. The molecule has 1 aromatic heterocycles. The fourth-order valence-corrected chi connectivity index (χ4v) is 3.15. The van der Waals surface area contributed by atoms with Crippen molar-refractivity contribution >= 4 is 28.7 Å². The van der Waals surface area contributed by atoms with Crippen LogP contribution < -0.4 is 10.6 Å². The van der Waals surface area contributed by atoms with E-state index in [0.29, 0.717) is 6.04 Å². The topological polar surface area (TPSA) is 24.1 Å². The number of thiocarbonyl (C=S) groups is 1. The Morgan fingerprint density at radius 1 is 1.44 bits per heavy atom. The van der Waals surface area contributed by atoms with Crippen LogP contribution in [0.1, 0.15) is 36.8 Å². The minimum Gasteiger partial charge on any atom is -0.360 e. The second-order valence-electron chi connectivity index (χ2n) is 4.39. The smallest absolute Gasteiger partial charge is 0.166 e. The molecule has 1 heterocycles. The molecule has 1 saturated carbocycles. The van der Waals surface area contributed by atoms with E-state index in [1.807, 2.05) is 0 Å². The zero-order chi connectivity index (χ0) is 11.4. The van der Waals surface area contributed by atoms with Crippen molar-refractivity contribution in [2.75, 3.05) is 0 Å². The number of nitrogens with one attached hydrogen (secondary N) is 2. The number of hydrogen-bond acceptors (Lipinski definition) is 2. The average Bonchev–Trinajstić information content (AvgIpc) is 2.87. The molecular weight excluding hydrogens is 236 g/mol. The molecule has 0 saturated heterocycles. The molecule has 1 aromatic rings. The molecule has 0 atom stereocenters. The lowest BCUT2D eigenvalue weighted by atomic mass is 10.2. The van der Waals surface area contributed by atoms with E-state index in [-0.39, 0.29) is 0 Å². The Labute approximate surface area is 106 Å². The molecule has 0 bridgehead atoms. The number of aryl methyl sites for hydroxylation is 1. The van der Waals surface area contributed by atoms with Crippen LogP contribution in [0.15, 0.2) is 10.8 Å². The van der Waals surface area contributed by atoms with Gasteiger partial charge in [0.05, 0.1) is 0 Å². The van der Waals surface area contributed by atoms with Gasteiger partial charge >= 0.3 is 0 Å². The summed E-state index contributed by atoms with van der Waals surface area (Å²) in [6.07, 6.45) is 5.20. The van der Waals surface area contributed by atoms with E-state index < -0.39 is 0 Å². The van der Waals surface area contributed by atoms with Gasteiger partial charge in [-0.15, -0.1) is 0 Å². The zero-order valence-electron chi connectivity index (χ0n) is 9.58. The molecule has 1 aliphatic rings. The van der Waals surface area contributed by atoms with E-state index in [9.17, 15) is 0 Å². The minimum absolute atomic E-state index is 0.601. The van der Waals surface area contributed by atoms with Gasteiger partial charge in [-0.2, -0.15) is 11.3 Å². The molecule has 2 nitrogen and oxygen atoms in total. The van der Waals surface area contributed by atoms with Crippen LogP contribution in [0.4, 0.5) is 0 Å². The van der Waals surface area contributed by atoms with Gasteiger partial charge in [-0.3, -0.25) is 0 Å². The van der Waals surface area contributed by atoms with Gasteiger partial charge in [0, 0.05) is 12.6 Å². The largest absolute Gasteiger partial charge is 0.360 e. The summed E-state index contributed by atoms with van der Waals surface area (Å²) in [5.74, 6) is 0. The van der Waals surface area contributed by atoms with Crippen LogP contribution in [0.5, 0.6) is 0 Å². The summed E-state index contributed by atoms with van der Waals surface area (Å²) in [5.41, 5.74) is 2.70. The Hall–Kier alpha value is -0.610. The monoisotopic (exact) mass is 254 g/mol. The van der Waals surface area contributed by atoms with Crippen LogP contribution >= 0.6 is 23.6 Å². The molecule has 16 heavy (non-hydrogen) atoms. The maximum Gasteiger partial charge on any atom is 0.166 e. The first kappa shape index (κ1) is 11.9. The van der Waals surface area contributed by atoms with Crippen molar-refractivity contribution in [1.29, 1.82) is 0 Å². The number of thiophene rings is 1. The summed E-state index contributed by atoms with van der Waals surface area (Å²) < 4.78 is 0. The summed E-state index contributed by atoms with van der Waals surface area (Å²) in [5, 5.41) is 11.8. The lowest BCUT2D eigenvalue weighted by Gasteiger charge is -2.15. The molecule has 1 fully saturated rings. The zero-order valence-corrected chi connectivity index (χ0v) is 11.2. The second-order valence-corrected chi connectivity index (χ2v) is 5.54. The maximum atomic E-state index is 5.29. The van der Waals surface area contributed by atoms with E-state index in [1.165, 1.54) is 36.8 Å². The Kier molecular flexibility index (Phi) is 4.18. The first-order valence-electron chi connectivity index (χ1n) is 5.82. The van der Waals surface area contributed by atoms with Gasteiger partial charge in [0.2, 0.25) is 0 Å². The Balaban J connectivity index is 1.73. The van der Waals surface area contributed by atoms with Gasteiger partial charge in [-0.25, -0.2) is 0 Å². The minimum atomic E-state index is 0.601. The lowest BCUT2D eigenvalue weighted by molar-refractivity contribution is 0.621. The van der Waals surface area contributed by atoms with Gasteiger partial charge in [0.25, 0.3) is 0 Å². The number of rotatable bonds is 3. The summed E-state index contributed by atoms with van der Waals surface area (Å²) in [7, 11) is 0. The van der Waals surface area contributed by atoms with Crippen LogP contribution in [-0.4, -0.2) is 11.2 Å². The van der Waals surface area contributed by atoms with Crippen LogP contribution in [0.2, 0.25) is 0 Å². The van der Waals surface area contributed by atoms with Crippen molar-refractivity contribution in [3.8, 4) is 0 Å². The molecular formula is C12H18N2S2. The van der Waals surface area contributed by atoms with E-state index >= 15 is 0 Å². The molecule has 0 amide bonds. The first-order chi connectivity index (χ1) is 7.75. The van der Waals surface area contributed by atoms with Gasteiger partial charge < -0.3 is 10.6 Å². The van der Waals surface area contributed by atoms with Crippen LogP contribution in [-0.2, 0) is 6.54 Å². The van der Waals surface area contributed by atoms with E-state index in [2.05, 4.69) is 28.3 Å².